The fourth-order valence-corrected chi connectivity index (χ4v) is 4.05. The predicted molar refractivity (Wildman–Crippen MR) is 97.0 cm³/mol. The van der Waals surface area contributed by atoms with E-state index >= 15 is 0 Å². The number of rotatable bonds is 3. The van der Waals surface area contributed by atoms with E-state index in [1.807, 2.05) is 18.2 Å². The zero-order chi connectivity index (χ0) is 16.5. The van der Waals surface area contributed by atoms with Crippen molar-refractivity contribution >= 4 is 5.82 Å². The Labute approximate surface area is 143 Å². The van der Waals surface area contributed by atoms with E-state index in [0.29, 0.717) is 11.9 Å². The molecular weight excluding hydrogens is 298 g/mol. The van der Waals surface area contributed by atoms with Crippen LogP contribution in [0.2, 0.25) is 0 Å². The molecule has 4 rings (SSSR count). The molecular formula is C20H25N3O. The first-order chi connectivity index (χ1) is 11.7. The molecule has 1 saturated carbocycles. The standard InChI is InChI=1S/C20H25N3O/c21-13-8-9-14(12-13)24-19-11-10-16(15-4-1-2-5-17(15)19)18-6-3-7-20(22)23-18/h3,6-7,10-11,13-14H,1-2,4-5,8-9,12,21H2,(H2,22,23). The zero-order valence-electron chi connectivity index (χ0n) is 14.0. The quantitative estimate of drug-likeness (QED) is 0.907. The van der Waals surface area contributed by atoms with Gasteiger partial charge in [0.05, 0.1) is 5.69 Å². The van der Waals surface area contributed by atoms with Crippen molar-refractivity contribution in [3.8, 4) is 17.0 Å². The average molecular weight is 323 g/mol. The van der Waals surface area contributed by atoms with Crippen LogP contribution in [-0.4, -0.2) is 17.1 Å². The number of aromatic nitrogens is 1. The number of fused-ring (bicyclic) bond motifs is 1. The largest absolute Gasteiger partial charge is 0.490 e. The summed E-state index contributed by atoms with van der Waals surface area (Å²) in [6.45, 7) is 0. The van der Waals surface area contributed by atoms with Gasteiger partial charge in [-0.1, -0.05) is 6.07 Å². The lowest BCUT2D eigenvalue weighted by Gasteiger charge is -2.24. The number of pyridine rings is 1. The second-order valence-corrected chi connectivity index (χ2v) is 7.04. The zero-order valence-corrected chi connectivity index (χ0v) is 14.0. The minimum Gasteiger partial charge on any atom is -0.490 e. The normalized spacial score (nSPS) is 23.0. The summed E-state index contributed by atoms with van der Waals surface area (Å²) >= 11 is 0. The molecule has 126 valence electrons. The lowest BCUT2D eigenvalue weighted by molar-refractivity contribution is 0.205. The van der Waals surface area contributed by atoms with Gasteiger partial charge in [0.1, 0.15) is 17.7 Å². The molecule has 2 unspecified atom stereocenters. The highest BCUT2D eigenvalue weighted by atomic mass is 16.5. The van der Waals surface area contributed by atoms with Gasteiger partial charge in [-0.05, 0) is 80.3 Å². The minimum absolute atomic E-state index is 0.266. The van der Waals surface area contributed by atoms with E-state index in [1.54, 1.807) is 0 Å². The predicted octanol–water partition coefficient (Wildman–Crippen LogP) is 3.47. The lowest BCUT2D eigenvalue weighted by Crippen LogP contribution is -2.20. The molecule has 1 aromatic heterocycles. The molecule has 4 N–H and O–H groups in total. The minimum atomic E-state index is 0.266. The fraction of sp³-hybridized carbons (Fsp3) is 0.450. The number of ether oxygens (including phenoxy) is 1. The van der Waals surface area contributed by atoms with E-state index in [4.69, 9.17) is 16.2 Å². The molecule has 0 saturated heterocycles. The summed E-state index contributed by atoms with van der Waals surface area (Å²) < 4.78 is 6.33. The topological polar surface area (TPSA) is 74.2 Å². The summed E-state index contributed by atoms with van der Waals surface area (Å²) in [5, 5.41) is 0. The van der Waals surface area contributed by atoms with Gasteiger partial charge in [-0.3, -0.25) is 0 Å². The third kappa shape index (κ3) is 2.98. The molecule has 2 aliphatic carbocycles. The smallest absolute Gasteiger partial charge is 0.124 e. The van der Waals surface area contributed by atoms with Gasteiger partial charge in [0, 0.05) is 11.6 Å². The summed E-state index contributed by atoms with van der Waals surface area (Å²) in [6.07, 6.45) is 7.98. The van der Waals surface area contributed by atoms with Crippen molar-refractivity contribution in [2.24, 2.45) is 5.73 Å². The van der Waals surface area contributed by atoms with Gasteiger partial charge in [-0.15, -0.1) is 0 Å². The number of nitrogen functional groups attached to an aromatic ring is 1. The van der Waals surface area contributed by atoms with Crippen molar-refractivity contribution < 1.29 is 4.74 Å². The maximum Gasteiger partial charge on any atom is 0.124 e. The van der Waals surface area contributed by atoms with Crippen molar-refractivity contribution in [1.29, 1.82) is 0 Å². The van der Waals surface area contributed by atoms with Crippen LogP contribution in [0.1, 0.15) is 43.2 Å². The van der Waals surface area contributed by atoms with Gasteiger partial charge >= 0.3 is 0 Å². The van der Waals surface area contributed by atoms with Crippen LogP contribution < -0.4 is 16.2 Å². The Balaban J connectivity index is 1.70. The first-order valence-corrected chi connectivity index (χ1v) is 9.00. The Hall–Kier alpha value is -2.07. The van der Waals surface area contributed by atoms with Crippen LogP contribution in [0.15, 0.2) is 30.3 Å². The number of hydrogen-bond acceptors (Lipinski definition) is 4. The van der Waals surface area contributed by atoms with Gasteiger partial charge in [-0.2, -0.15) is 0 Å². The summed E-state index contributed by atoms with van der Waals surface area (Å²) in [5.41, 5.74) is 16.8. The van der Waals surface area contributed by atoms with Crippen molar-refractivity contribution in [1.82, 2.24) is 4.98 Å². The van der Waals surface area contributed by atoms with Crippen LogP contribution in [-0.2, 0) is 12.8 Å². The average Bonchev–Trinajstić information content (AvgIpc) is 3.00. The van der Waals surface area contributed by atoms with Crippen LogP contribution >= 0.6 is 0 Å². The van der Waals surface area contributed by atoms with E-state index in [-0.39, 0.29) is 6.10 Å². The molecule has 2 aliphatic rings. The first-order valence-electron chi connectivity index (χ1n) is 9.00. The molecule has 1 aromatic carbocycles. The van der Waals surface area contributed by atoms with Crippen LogP contribution in [0.5, 0.6) is 5.75 Å². The Morgan fingerprint density at radius 2 is 1.83 bits per heavy atom. The summed E-state index contributed by atoms with van der Waals surface area (Å²) in [7, 11) is 0. The molecule has 24 heavy (non-hydrogen) atoms. The maximum atomic E-state index is 6.33. The first kappa shape index (κ1) is 15.5. The highest BCUT2D eigenvalue weighted by Gasteiger charge is 2.26. The second-order valence-electron chi connectivity index (χ2n) is 7.04. The molecule has 0 radical (unpaired) electrons. The van der Waals surface area contributed by atoms with E-state index in [0.717, 1.165) is 43.5 Å². The summed E-state index contributed by atoms with van der Waals surface area (Å²) in [6, 6.07) is 10.4. The third-order valence-electron chi connectivity index (χ3n) is 5.26. The molecule has 0 spiro atoms. The molecule has 0 bridgehead atoms. The summed E-state index contributed by atoms with van der Waals surface area (Å²) in [4.78, 5) is 4.51. The molecule has 2 aromatic rings. The number of benzene rings is 1. The number of anilines is 1. The van der Waals surface area contributed by atoms with E-state index < -0.39 is 0 Å². The van der Waals surface area contributed by atoms with Crippen LogP contribution in [0.4, 0.5) is 5.82 Å². The molecule has 1 heterocycles. The monoisotopic (exact) mass is 323 g/mol. The Morgan fingerprint density at radius 3 is 2.58 bits per heavy atom. The molecule has 1 fully saturated rings. The van der Waals surface area contributed by atoms with Gasteiger partial charge < -0.3 is 16.2 Å². The third-order valence-corrected chi connectivity index (χ3v) is 5.26. The molecule has 4 nitrogen and oxygen atoms in total. The Morgan fingerprint density at radius 1 is 1.00 bits per heavy atom. The molecule has 0 aliphatic heterocycles. The molecule has 0 amide bonds. The van der Waals surface area contributed by atoms with Crippen LogP contribution in [0.3, 0.4) is 0 Å². The van der Waals surface area contributed by atoms with Crippen molar-refractivity contribution in [2.75, 3.05) is 5.73 Å². The highest BCUT2D eigenvalue weighted by molar-refractivity contribution is 5.69. The van der Waals surface area contributed by atoms with E-state index in [9.17, 15) is 0 Å². The van der Waals surface area contributed by atoms with Gasteiger partial charge in [-0.25, -0.2) is 4.98 Å². The van der Waals surface area contributed by atoms with E-state index in [1.165, 1.54) is 29.5 Å². The van der Waals surface area contributed by atoms with Crippen LogP contribution in [0.25, 0.3) is 11.3 Å². The van der Waals surface area contributed by atoms with Gasteiger partial charge in [0.15, 0.2) is 0 Å². The van der Waals surface area contributed by atoms with E-state index in [2.05, 4.69) is 17.1 Å². The Bertz CT molecular complexity index is 744. The molecule has 2 atom stereocenters. The summed E-state index contributed by atoms with van der Waals surface area (Å²) in [5.74, 6) is 1.62. The SMILES string of the molecule is Nc1cccc(-c2ccc(OC3CCC(N)C3)c3c2CCCC3)n1. The highest BCUT2D eigenvalue weighted by Crippen LogP contribution is 2.38. The Kier molecular flexibility index (Phi) is 4.15. The van der Waals surface area contributed by atoms with Gasteiger partial charge in [0.25, 0.3) is 0 Å². The van der Waals surface area contributed by atoms with Crippen molar-refractivity contribution in [3.05, 3.63) is 41.5 Å². The van der Waals surface area contributed by atoms with Gasteiger partial charge in [0.2, 0.25) is 0 Å². The number of hydrogen-bond donors (Lipinski definition) is 2. The van der Waals surface area contributed by atoms with Crippen molar-refractivity contribution in [2.45, 2.75) is 57.1 Å². The van der Waals surface area contributed by atoms with Crippen molar-refractivity contribution in [3.63, 3.8) is 0 Å². The van der Waals surface area contributed by atoms with Crippen LogP contribution in [0, 0.1) is 0 Å². The number of nitrogens with zero attached hydrogens (tertiary/aromatic N) is 1. The maximum absolute atomic E-state index is 6.33. The molecule has 4 heteroatoms. The second kappa shape index (κ2) is 6.44. The lowest BCUT2D eigenvalue weighted by atomic mass is 9.86. The number of nitrogens with two attached hydrogens (primary N) is 2. The fourth-order valence-electron chi connectivity index (χ4n) is 4.05.